The van der Waals surface area contributed by atoms with Crippen molar-refractivity contribution in [3.63, 3.8) is 0 Å². The van der Waals surface area contributed by atoms with Gasteiger partial charge in [-0.1, -0.05) is 12.1 Å². The molecule has 0 aromatic heterocycles. The van der Waals surface area contributed by atoms with Crippen molar-refractivity contribution >= 4 is 33.4 Å². The highest BCUT2D eigenvalue weighted by Crippen LogP contribution is 2.30. The number of carbonyl (C=O) groups excluding carboxylic acids is 3. The summed E-state index contributed by atoms with van der Waals surface area (Å²) in [4.78, 5) is 36.7. The maximum atomic E-state index is 12.5. The van der Waals surface area contributed by atoms with Gasteiger partial charge in [0.2, 0.25) is 10.0 Å². The van der Waals surface area contributed by atoms with Crippen LogP contribution in [0.5, 0.6) is 0 Å². The first-order valence-corrected chi connectivity index (χ1v) is 11.1. The zero-order valence-corrected chi connectivity index (χ0v) is 17.4. The van der Waals surface area contributed by atoms with Crippen LogP contribution in [0.2, 0.25) is 0 Å². The van der Waals surface area contributed by atoms with E-state index in [0.29, 0.717) is 30.6 Å². The van der Waals surface area contributed by atoms with Gasteiger partial charge < -0.3 is 9.47 Å². The Morgan fingerprint density at radius 3 is 2.33 bits per heavy atom. The summed E-state index contributed by atoms with van der Waals surface area (Å²) in [5, 5.41) is 0. The van der Waals surface area contributed by atoms with Gasteiger partial charge in [0.25, 0.3) is 0 Å². The largest absolute Gasteiger partial charge is 0.465 e. The first-order chi connectivity index (χ1) is 14.2. The number of benzene rings is 2. The molecule has 1 aliphatic rings. The number of ketones is 1. The summed E-state index contributed by atoms with van der Waals surface area (Å²) in [5.41, 5.74) is 1.68. The first kappa shape index (κ1) is 21.5. The SMILES string of the molecule is COC(=O)c1ccccc1C(=O)OCC(=O)c1ccc2c(c1)CCCN2S(C)(=O)=O. The number of rotatable bonds is 6. The van der Waals surface area contributed by atoms with E-state index in [2.05, 4.69) is 4.74 Å². The maximum Gasteiger partial charge on any atom is 0.339 e. The zero-order valence-electron chi connectivity index (χ0n) is 16.6. The summed E-state index contributed by atoms with van der Waals surface area (Å²) in [6, 6.07) is 10.7. The molecule has 0 fully saturated rings. The fourth-order valence-corrected chi connectivity index (χ4v) is 4.32. The zero-order chi connectivity index (χ0) is 21.9. The Labute approximate surface area is 174 Å². The number of hydrogen-bond acceptors (Lipinski definition) is 7. The van der Waals surface area contributed by atoms with E-state index in [4.69, 9.17) is 4.74 Å². The van der Waals surface area contributed by atoms with E-state index in [1.54, 1.807) is 24.3 Å². The number of ether oxygens (including phenoxy) is 2. The number of methoxy groups -OCH3 is 1. The highest BCUT2D eigenvalue weighted by atomic mass is 32.2. The van der Waals surface area contributed by atoms with E-state index < -0.39 is 34.4 Å². The van der Waals surface area contributed by atoms with Crippen LogP contribution in [0.25, 0.3) is 0 Å². The molecule has 2 aromatic carbocycles. The molecule has 158 valence electrons. The van der Waals surface area contributed by atoms with Crippen molar-refractivity contribution in [3.05, 3.63) is 64.7 Å². The van der Waals surface area contributed by atoms with Gasteiger partial charge in [-0.3, -0.25) is 9.10 Å². The Kier molecular flexibility index (Phi) is 6.21. The summed E-state index contributed by atoms with van der Waals surface area (Å²) in [6.07, 6.45) is 2.44. The van der Waals surface area contributed by atoms with Gasteiger partial charge in [0, 0.05) is 12.1 Å². The molecule has 0 N–H and O–H groups in total. The van der Waals surface area contributed by atoms with Crippen LogP contribution in [0.4, 0.5) is 5.69 Å². The topological polar surface area (TPSA) is 107 Å². The molecule has 2 aromatic rings. The molecule has 0 saturated carbocycles. The summed E-state index contributed by atoms with van der Waals surface area (Å²) < 4.78 is 35.0. The molecule has 0 aliphatic carbocycles. The standard InChI is InChI=1S/C21H21NO7S/c1-28-20(24)16-7-3-4-8-17(16)21(25)29-13-19(23)15-9-10-18-14(12-15)6-5-11-22(18)30(2,26)27/h3-4,7-10,12H,5-6,11,13H2,1-2H3. The van der Waals surface area contributed by atoms with E-state index in [1.807, 2.05) is 0 Å². The molecule has 3 rings (SSSR count). The maximum absolute atomic E-state index is 12.5. The van der Waals surface area contributed by atoms with Crippen molar-refractivity contribution < 1.29 is 32.3 Å². The molecule has 0 saturated heterocycles. The lowest BCUT2D eigenvalue weighted by Gasteiger charge is -2.29. The first-order valence-electron chi connectivity index (χ1n) is 9.20. The number of aryl methyl sites for hydroxylation is 1. The lowest BCUT2D eigenvalue weighted by Crippen LogP contribution is -2.34. The molecule has 0 bridgehead atoms. The minimum Gasteiger partial charge on any atom is -0.465 e. The molecule has 1 aliphatic heterocycles. The highest BCUT2D eigenvalue weighted by molar-refractivity contribution is 7.92. The normalized spacial score (nSPS) is 13.3. The number of Topliss-reactive ketones (excluding diaryl/α,β-unsaturated/α-hetero) is 1. The smallest absolute Gasteiger partial charge is 0.339 e. The minimum absolute atomic E-state index is 0.00591. The van der Waals surface area contributed by atoms with Gasteiger partial charge in [0.1, 0.15) is 0 Å². The van der Waals surface area contributed by atoms with E-state index in [0.717, 1.165) is 11.8 Å². The Morgan fingerprint density at radius 2 is 1.70 bits per heavy atom. The lowest BCUT2D eigenvalue weighted by atomic mass is 9.99. The van der Waals surface area contributed by atoms with Crippen LogP contribution in [0.1, 0.15) is 43.1 Å². The second-order valence-corrected chi connectivity index (χ2v) is 8.73. The van der Waals surface area contributed by atoms with Crippen molar-refractivity contribution in [3.8, 4) is 0 Å². The molecule has 0 unspecified atom stereocenters. The number of esters is 2. The van der Waals surface area contributed by atoms with Crippen LogP contribution in [-0.2, 0) is 25.9 Å². The van der Waals surface area contributed by atoms with Crippen LogP contribution >= 0.6 is 0 Å². The fourth-order valence-electron chi connectivity index (χ4n) is 3.32. The Morgan fingerprint density at radius 1 is 1.03 bits per heavy atom. The number of anilines is 1. The molecule has 0 radical (unpaired) electrons. The molecule has 30 heavy (non-hydrogen) atoms. The summed E-state index contributed by atoms with van der Waals surface area (Å²) >= 11 is 0. The van der Waals surface area contributed by atoms with Crippen LogP contribution in [0.15, 0.2) is 42.5 Å². The Hall–Kier alpha value is -3.20. The van der Waals surface area contributed by atoms with Gasteiger partial charge in [0.15, 0.2) is 12.4 Å². The molecule has 1 heterocycles. The summed E-state index contributed by atoms with van der Waals surface area (Å²) in [6.45, 7) is -0.112. The second kappa shape index (κ2) is 8.66. The van der Waals surface area contributed by atoms with E-state index in [9.17, 15) is 22.8 Å². The predicted octanol–water partition coefficient (Wildman–Crippen LogP) is 2.23. The number of hydrogen-bond donors (Lipinski definition) is 0. The monoisotopic (exact) mass is 431 g/mol. The van der Waals surface area contributed by atoms with E-state index in [-0.39, 0.29) is 11.1 Å². The van der Waals surface area contributed by atoms with Crippen LogP contribution < -0.4 is 4.31 Å². The van der Waals surface area contributed by atoms with Crippen molar-refractivity contribution in [1.29, 1.82) is 0 Å². The van der Waals surface area contributed by atoms with Gasteiger partial charge in [-0.05, 0) is 48.7 Å². The third-order valence-corrected chi connectivity index (χ3v) is 5.94. The summed E-state index contributed by atoms with van der Waals surface area (Å²) in [7, 11) is -2.19. The lowest BCUT2D eigenvalue weighted by molar-refractivity contribution is 0.0463. The molecule has 0 atom stereocenters. The van der Waals surface area contributed by atoms with Crippen molar-refractivity contribution in [2.24, 2.45) is 0 Å². The Balaban J connectivity index is 1.74. The van der Waals surface area contributed by atoms with Crippen LogP contribution in [0, 0.1) is 0 Å². The third kappa shape index (κ3) is 4.51. The minimum atomic E-state index is -3.40. The van der Waals surface area contributed by atoms with Crippen molar-refractivity contribution in [2.75, 3.05) is 30.8 Å². The van der Waals surface area contributed by atoms with Crippen molar-refractivity contribution in [1.82, 2.24) is 0 Å². The van der Waals surface area contributed by atoms with Gasteiger partial charge in [0.05, 0.1) is 30.2 Å². The fraction of sp³-hybridized carbons (Fsp3) is 0.286. The number of fused-ring (bicyclic) bond motifs is 1. The molecule has 8 nitrogen and oxygen atoms in total. The van der Waals surface area contributed by atoms with E-state index >= 15 is 0 Å². The second-order valence-electron chi connectivity index (χ2n) is 6.82. The van der Waals surface area contributed by atoms with E-state index in [1.165, 1.54) is 29.6 Å². The molecule has 9 heteroatoms. The average molecular weight is 431 g/mol. The molecule has 0 amide bonds. The highest BCUT2D eigenvalue weighted by Gasteiger charge is 2.25. The number of carbonyl (C=O) groups is 3. The predicted molar refractivity (Wildman–Crippen MR) is 109 cm³/mol. The molecule has 0 spiro atoms. The quantitative estimate of drug-likeness (QED) is 0.510. The molecular formula is C21H21NO7S. The summed E-state index contributed by atoms with van der Waals surface area (Å²) in [5.74, 6) is -1.93. The van der Waals surface area contributed by atoms with Gasteiger partial charge >= 0.3 is 11.9 Å². The van der Waals surface area contributed by atoms with Crippen molar-refractivity contribution in [2.45, 2.75) is 12.8 Å². The van der Waals surface area contributed by atoms with Gasteiger partial charge in [-0.2, -0.15) is 0 Å². The Bertz CT molecular complexity index is 1110. The average Bonchev–Trinajstić information content (AvgIpc) is 2.75. The van der Waals surface area contributed by atoms with Gasteiger partial charge in [-0.25, -0.2) is 18.0 Å². The number of sulfonamides is 1. The van der Waals surface area contributed by atoms with Crippen LogP contribution in [-0.4, -0.2) is 52.7 Å². The van der Waals surface area contributed by atoms with Gasteiger partial charge in [-0.15, -0.1) is 0 Å². The number of nitrogens with zero attached hydrogens (tertiary/aromatic N) is 1. The third-order valence-electron chi connectivity index (χ3n) is 4.76. The van der Waals surface area contributed by atoms with Crippen LogP contribution in [0.3, 0.4) is 0 Å². The molecular weight excluding hydrogens is 410 g/mol.